The number of carbonyl (C=O) groups excluding carboxylic acids is 1. The zero-order valence-corrected chi connectivity index (χ0v) is 17.1. The molecule has 1 aliphatic rings. The molecule has 1 saturated carbocycles. The first-order valence-electron chi connectivity index (χ1n) is 10.1. The standard InChI is InChI=1S/C22H20N4O5/c1-3-28-17-7-5-4-6-14(17)20-24-18(30-26-20)11-29-22(27)15-10-16(13-8-9-13)23-21-19(15)12(2)25-31-21/h4-7,10,13H,3,8-9,11H2,1-2H3. The van der Waals surface area contributed by atoms with Crippen molar-refractivity contribution in [3.8, 4) is 17.1 Å². The minimum absolute atomic E-state index is 0.157. The summed E-state index contributed by atoms with van der Waals surface area (Å²) < 4.78 is 21.6. The molecule has 0 unspecified atom stereocenters. The van der Waals surface area contributed by atoms with E-state index in [-0.39, 0.29) is 12.5 Å². The molecule has 9 heteroatoms. The summed E-state index contributed by atoms with van der Waals surface area (Å²) in [4.78, 5) is 21.7. The number of pyridine rings is 1. The second kappa shape index (κ2) is 7.82. The number of hydrogen-bond acceptors (Lipinski definition) is 9. The van der Waals surface area contributed by atoms with Crippen LogP contribution in [0, 0.1) is 6.92 Å². The second-order valence-corrected chi connectivity index (χ2v) is 7.33. The van der Waals surface area contributed by atoms with Gasteiger partial charge in [0.1, 0.15) is 5.75 Å². The van der Waals surface area contributed by atoms with Crippen LogP contribution in [0.1, 0.15) is 53.3 Å². The van der Waals surface area contributed by atoms with Crippen LogP contribution in [-0.2, 0) is 11.3 Å². The average molecular weight is 420 g/mol. The van der Waals surface area contributed by atoms with Gasteiger partial charge in [0, 0.05) is 11.6 Å². The maximum absolute atomic E-state index is 12.9. The van der Waals surface area contributed by atoms with E-state index in [1.807, 2.05) is 31.2 Å². The van der Waals surface area contributed by atoms with E-state index in [2.05, 4.69) is 20.3 Å². The summed E-state index contributed by atoms with van der Waals surface area (Å²) in [5.41, 5.74) is 2.84. The lowest BCUT2D eigenvalue weighted by atomic mass is 10.1. The monoisotopic (exact) mass is 420 g/mol. The number of fused-ring (bicyclic) bond motifs is 1. The number of aryl methyl sites for hydroxylation is 1. The van der Waals surface area contributed by atoms with Crippen LogP contribution in [0.2, 0.25) is 0 Å². The number of para-hydroxylation sites is 1. The number of benzene rings is 1. The van der Waals surface area contributed by atoms with Gasteiger partial charge in [-0.2, -0.15) is 4.98 Å². The third kappa shape index (κ3) is 3.74. The van der Waals surface area contributed by atoms with Crippen LogP contribution >= 0.6 is 0 Å². The molecule has 1 aliphatic carbocycles. The van der Waals surface area contributed by atoms with Crippen LogP contribution in [0.3, 0.4) is 0 Å². The molecule has 0 N–H and O–H groups in total. The van der Waals surface area contributed by atoms with Crippen LogP contribution in [0.5, 0.6) is 5.75 Å². The van der Waals surface area contributed by atoms with E-state index in [1.54, 1.807) is 13.0 Å². The molecule has 3 heterocycles. The summed E-state index contributed by atoms with van der Waals surface area (Å²) in [7, 11) is 0. The SMILES string of the molecule is CCOc1ccccc1-c1noc(COC(=O)c2cc(C3CC3)nc3onc(C)c23)n1. The Kier molecular flexibility index (Phi) is 4.85. The van der Waals surface area contributed by atoms with Crippen molar-refractivity contribution in [1.29, 1.82) is 0 Å². The van der Waals surface area contributed by atoms with Gasteiger partial charge in [0.25, 0.3) is 11.6 Å². The number of carbonyl (C=O) groups is 1. The molecular weight excluding hydrogens is 400 g/mol. The normalized spacial score (nSPS) is 13.5. The highest BCUT2D eigenvalue weighted by molar-refractivity contribution is 6.03. The van der Waals surface area contributed by atoms with Crippen molar-refractivity contribution in [1.82, 2.24) is 20.3 Å². The fourth-order valence-electron chi connectivity index (χ4n) is 3.42. The lowest BCUT2D eigenvalue weighted by Crippen LogP contribution is -2.08. The first kappa shape index (κ1) is 19.2. The smallest absolute Gasteiger partial charge is 0.339 e. The van der Waals surface area contributed by atoms with E-state index in [0.29, 0.717) is 52.0 Å². The summed E-state index contributed by atoms with van der Waals surface area (Å²) in [5.74, 6) is 1.04. The van der Waals surface area contributed by atoms with E-state index in [9.17, 15) is 4.79 Å². The minimum atomic E-state index is -0.518. The Morgan fingerprint density at radius 2 is 2.00 bits per heavy atom. The van der Waals surface area contributed by atoms with Gasteiger partial charge in [0.05, 0.1) is 28.8 Å². The van der Waals surface area contributed by atoms with Gasteiger partial charge in [-0.3, -0.25) is 0 Å². The van der Waals surface area contributed by atoms with Crippen LogP contribution in [0.4, 0.5) is 0 Å². The van der Waals surface area contributed by atoms with Gasteiger partial charge >= 0.3 is 5.97 Å². The molecule has 5 rings (SSSR count). The predicted molar refractivity (Wildman–Crippen MR) is 109 cm³/mol. The van der Waals surface area contributed by atoms with Crippen molar-refractivity contribution < 1.29 is 23.3 Å². The Morgan fingerprint density at radius 1 is 1.16 bits per heavy atom. The molecule has 31 heavy (non-hydrogen) atoms. The number of rotatable bonds is 7. The molecule has 3 aromatic heterocycles. The Hall–Kier alpha value is -3.75. The third-order valence-electron chi connectivity index (χ3n) is 5.08. The highest BCUT2D eigenvalue weighted by Crippen LogP contribution is 2.40. The molecule has 0 saturated heterocycles. The first-order chi connectivity index (χ1) is 15.1. The number of aromatic nitrogens is 4. The van der Waals surface area contributed by atoms with Gasteiger partial charge in [0.15, 0.2) is 6.61 Å². The zero-order valence-electron chi connectivity index (χ0n) is 17.1. The van der Waals surface area contributed by atoms with Crippen LogP contribution in [-0.4, -0.2) is 32.9 Å². The maximum Gasteiger partial charge on any atom is 0.339 e. The van der Waals surface area contributed by atoms with Gasteiger partial charge < -0.3 is 18.5 Å². The van der Waals surface area contributed by atoms with E-state index < -0.39 is 5.97 Å². The molecule has 0 aliphatic heterocycles. The molecule has 158 valence electrons. The lowest BCUT2D eigenvalue weighted by molar-refractivity contribution is 0.0432. The highest BCUT2D eigenvalue weighted by atomic mass is 16.6. The molecule has 0 atom stereocenters. The fraction of sp³-hybridized carbons (Fsp3) is 0.318. The third-order valence-corrected chi connectivity index (χ3v) is 5.08. The van der Waals surface area contributed by atoms with E-state index in [0.717, 1.165) is 18.5 Å². The average Bonchev–Trinajstić information content (AvgIpc) is 3.42. The van der Waals surface area contributed by atoms with Crippen molar-refractivity contribution in [3.63, 3.8) is 0 Å². The van der Waals surface area contributed by atoms with Crippen molar-refractivity contribution in [2.24, 2.45) is 0 Å². The topological polar surface area (TPSA) is 113 Å². The molecule has 1 aromatic carbocycles. The Labute approximate surface area is 177 Å². The zero-order chi connectivity index (χ0) is 21.4. The highest BCUT2D eigenvalue weighted by Gasteiger charge is 2.29. The van der Waals surface area contributed by atoms with Crippen molar-refractivity contribution in [2.75, 3.05) is 6.61 Å². The van der Waals surface area contributed by atoms with Crippen LogP contribution in [0.25, 0.3) is 22.5 Å². The molecule has 4 aromatic rings. The number of nitrogens with zero attached hydrogens (tertiary/aromatic N) is 4. The van der Waals surface area contributed by atoms with E-state index in [4.69, 9.17) is 18.5 Å². The van der Waals surface area contributed by atoms with E-state index in [1.165, 1.54) is 0 Å². The van der Waals surface area contributed by atoms with Gasteiger partial charge in [-0.05, 0) is 44.9 Å². The largest absolute Gasteiger partial charge is 0.493 e. The second-order valence-electron chi connectivity index (χ2n) is 7.33. The molecule has 9 nitrogen and oxygen atoms in total. The van der Waals surface area contributed by atoms with Gasteiger partial charge in [-0.1, -0.05) is 22.4 Å². The molecule has 0 spiro atoms. The van der Waals surface area contributed by atoms with Gasteiger partial charge in [0.2, 0.25) is 5.82 Å². The quantitative estimate of drug-likeness (QED) is 0.405. The van der Waals surface area contributed by atoms with Crippen molar-refractivity contribution in [3.05, 3.63) is 53.2 Å². The van der Waals surface area contributed by atoms with Gasteiger partial charge in [-0.25, -0.2) is 9.78 Å². The fourth-order valence-corrected chi connectivity index (χ4v) is 3.42. The maximum atomic E-state index is 12.9. The molecule has 0 bridgehead atoms. The molecule has 0 amide bonds. The van der Waals surface area contributed by atoms with Crippen molar-refractivity contribution in [2.45, 2.75) is 39.2 Å². The summed E-state index contributed by atoms with van der Waals surface area (Å²) in [6.45, 7) is 4.03. The number of hydrogen-bond donors (Lipinski definition) is 0. The minimum Gasteiger partial charge on any atom is -0.493 e. The molecule has 0 radical (unpaired) electrons. The summed E-state index contributed by atoms with van der Waals surface area (Å²) >= 11 is 0. The lowest BCUT2D eigenvalue weighted by Gasteiger charge is -2.06. The number of ether oxygens (including phenoxy) is 2. The van der Waals surface area contributed by atoms with Crippen molar-refractivity contribution >= 4 is 17.1 Å². The number of esters is 1. The Bertz CT molecular complexity index is 1260. The first-order valence-corrected chi connectivity index (χ1v) is 10.1. The molecule has 1 fully saturated rings. The predicted octanol–water partition coefficient (Wildman–Crippen LogP) is 4.21. The van der Waals surface area contributed by atoms with Crippen LogP contribution < -0.4 is 4.74 Å². The summed E-state index contributed by atoms with van der Waals surface area (Å²) in [6.07, 6.45) is 2.10. The summed E-state index contributed by atoms with van der Waals surface area (Å²) in [6, 6.07) is 9.18. The Morgan fingerprint density at radius 3 is 2.81 bits per heavy atom. The molecular formula is C22H20N4O5. The summed E-state index contributed by atoms with van der Waals surface area (Å²) in [5, 5.41) is 8.49. The van der Waals surface area contributed by atoms with Crippen LogP contribution in [0.15, 0.2) is 39.4 Å². The van der Waals surface area contributed by atoms with Gasteiger partial charge in [-0.15, -0.1) is 0 Å². The van der Waals surface area contributed by atoms with E-state index >= 15 is 0 Å². The Balaban J connectivity index is 1.36.